The third kappa shape index (κ3) is 7.16. The molecule has 0 spiro atoms. The average Bonchev–Trinajstić information content (AvgIpc) is 2.84. The Morgan fingerprint density at radius 3 is 1.41 bits per heavy atom. The lowest BCUT2D eigenvalue weighted by molar-refractivity contribution is -0.205. The van der Waals surface area contributed by atoms with Gasteiger partial charge in [-0.3, -0.25) is 0 Å². The van der Waals surface area contributed by atoms with E-state index >= 15 is 0 Å². The van der Waals surface area contributed by atoms with E-state index in [1.54, 1.807) is 0 Å². The summed E-state index contributed by atoms with van der Waals surface area (Å²) in [5.74, 6) is 1.16. The maximum absolute atomic E-state index is 10.1. The highest BCUT2D eigenvalue weighted by molar-refractivity contribution is 8.76. The van der Waals surface area contributed by atoms with E-state index in [-0.39, 0.29) is 0 Å². The molecule has 2 fully saturated rings. The fourth-order valence-corrected chi connectivity index (χ4v) is 8.39. The van der Waals surface area contributed by atoms with Gasteiger partial charge in [-0.1, -0.05) is 67.4 Å². The van der Waals surface area contributed by atoms with Gasteiger partial charge >= 0.3 is 0 Å². The molecule has 34 heavy (non-hydrogen) atoms. The van der Waals surface area contributed by atoms with Gasteiger partial charge in [-0.2, -0.15) is 0 Å². The van der Waals surface area contributed by atoms with Crippen LogP contribution >= 0.6 is 43.2 Å². The molecule has 14 heteroatoms. The van der Waals surface area contributed by atoms with Gasteiger partial charge in [0, 0.05) is 11.5 Å². The van der Waals surface area contributed by atoms with E-state index in [1.807, 2.05) is 24.3 Å². The molecule has 2 heterocycles. The van der Waals surface area contributed by atoms with Crippen molar-refractivity contribution in [3.8, 4) is 0 Å². The van der Waals surface area contributed by atoms with Crippen molar-refractivity contribution in [3.63, 3.8) is 0 Å². The van der Waals surface area contributed by atoms with Crippen molar-refractivity contribution >= 4 is 43.2 Å². The summed E-state index contributed by atoms with van der Waals surface area (Å²) in [6.45, 7) is -0.930. The smallest absolute Gasteiger partial charge is 0.142 e. The standard InChI is InChI=1S/C20H30O10S4/c21-5-11-13(23)15(25)17(27)19(29-11)33-31-7-9-2-1-3-10(4-9)8-32-34-20-18(28)16(26)14(24)12(6-22)30-20/h1-4,11-28H,5-8H2/t11-,12-,13-,14-,15+,16+,17+,18+,19-,20-/m1/s1. The quantitative estimate of drug-likeness (QED) is 0.165. The van der Waals surface area contributed by atoms with Crippen molar-refractivity contribution in [1.82, 2.24) is 0 Å². The van der Waals surface area contributed by atoms with Crippen LogP contribution in [0.3, 0.4) is 0 Å². The molecule has 0 saturated carbocycles. The molecule has 1 aromatic rings. The van der Waals surface area contributed by atoms with Crippen molar-refractivity contribution in [2.45, 2.75) is 71.2 Å². The lowest BCUT2D eigenvalue weighted by atomic mass is 10.0. The van der Waals surface area contributed by atoms with Crippen LogP contribution in [0.4, 0.5) is 0 Å². The molecule has 0 aliphatic carbocycles. The van der Waals surface area contributed by atoms with Crippen molar-refractivity contribution in [3.05, 3.63) is 35.4 Å². The number of hydrogen-bond donors (Lipinski definition) is 8. The lowest BCUT2D eigenvalue weighted by Crippen LogP contribution is -2.57. The minimum Gasteiger partial charge on any atom is -0.394 e. The molecule has 2 aliphatic heterocycles. The molecule has 8 N–H and O–H groups in total. The molecular formula is C20H30O10S4. The van der Waals surface area contributed by atoms with Gasteiger partial charge in [-0.25, -0.2) is 0 Å². The summed E-state index contributed by atoms with van der Waals surface area (Å²) >= 11 is 0. The molecule has 3 rings (SSSR count). The molecule has 0 unspecified atom stereocenters. The van der Waals surface area contributed by atoms with Gasteiger partial charge in [0.05, 0.1) is 13.2 Å². The van der Waals surface area contributed by atoms with Gasteiger partial charge in [0.15, 0.2) is 0 Å². The van der Waals surface area contributed by atoms with Crippen molar-refractivity contribution in [1.29, 1.82) is 0 Å². The van der Waals surface area contributed by atoms with Gasteiger partial charge in [0.2, 0.25) is 0 Å². The number of aliphatic hydroxyl groups is 8. The van der Waals surface area contributed by atoms with Gasteiger partial charge in [0.1, 0.15) is 59.7 Å². The maximum Gasteiger partial charge on any atom is 0.142 e. The second-order valence-electron chi connectivity index (χ2n) is 7.93. The first-order chi connectivity index (χ1) is 16.3. The highest BCUT2D eigenvalue weighted by Gasteiger charge is 2.44. The fraction of sp³-hybridized carbons (Fsp3) is 0.700. The summed E-state index contributed by atoms with van der Waals surface area (Å²) in [7, 11) is 5.25. The van der Waals surface area contributed by atoms with Crippen LogP contribution in [0.1, 0.15) is 11.1 Å². The summed E-state index contributed by atoms with van der Waals surface area (Å²) in [6.07, 6.45) is -9.98. The highest BCUT2D eigenvalue weighted by atomic mass is 33.1. The van der Waals surface area contributed by atoms with Crippen molar-refractivity contribution in [2.75, 3.05) is 13.2 Å². The molecule has 10 atom stereocenters. The van der Waals surface area contributed by atoms with E-state index < -0.39 is 72.9 Å². The van der Waals surface area contributed by atoms with Crippen LogP contribution in [0, 0.1) is 0 Å². The number of hydrogen-bond acceptors (Lipinski definition) is 14. The van der Waals surface area contributed by atoms with Crippen molar-refractivity contribution < 1.29 is 50.3 Å². The largest absolute Gasteiger partial charge is 0.394 e. The Hall–Kier alpha value is 0.220. The number of rotatable bonds is 10. The molecule has 0 radical (unpaired) electrons. The predicted molar refractivity (Wildman–Crippen MR) is 132 cm³/mol. The van der Waals surface area contributed by atoms with E-state index in [0.29, 0.717) is 11.5 Å². The first-order valence-corrected chi connectivity index (χ1v) is 15.3. The van der Waals surface area contributed by atoms with Crippen LogP contribution < -0.4 is 0 Å². The Morgan fingerprint density at radius 1 is 0.618 bits per heavy atom. The van der Waals surface area contributed by atoms with E-state index in [4.69, 9.17) is 9.47 Å². The summed E-state index contributed by atoms with van der Waals surface area (Å²) in [5, 5.41) is 78.3. The van der Waals surface area contributed by atoms with Gasteiger partial charge in [0.25, 0.3) is 0 Å². The van der Waals surface area contributed by atoms with E-state index in [9.17, 15) is 40.9 Å². The van der Waals surface area contributed by atoms with Crippen LogP contribution in [0.15, 0.2) is 24.3 Å². The zero-order chi connectivity index (χ0) is 24.8. The second kappa shape index (κ2) is 13.7. The zero-order valence-electron chi connectivity index (χ0n) is 17.9. The van der Waals surface area contributed by atoms with Crippen molar-refractivity contribution in [2.24, 2.45) is 0 Å². The lowest BCUT2D eigenvalue weighted by Gasteiger charge is -2.39. The third-order valence-corrected chi connectivity index (χ3v) is 10.5. The van der Waals surface area contributed by atoms with Gasteiger partial charge in [-0.05, 0) is 11.1 Å². The Morgan fingerprint density at radius 2 is 1.03 bits per heavy atom. The Kier molecular flexibility index (Phi) is 11.6. The van der Waals surface area contributed by atoms with Crippen LogP contribution in [0.2, 0.25) is 0 Å². The maximum atomic E-state index is 10.1. The van der Waals surface area contributed by atoms with E-state index in [2.05, 4.69) is 0 Å². The molecule has 2 aliphatic rings. The van der Waals surface area contributed by atoms with E-state index in [1.165, 1.54) is 43.2 Å². The summed E-state index contributed by atoms with van der Waals surface area (Å²) in [4.78, 5) is 0. The van der Waals surface area contributed by atoms with Crippen LogP contribution in [0.25, 0.3) is 0 Å². The van der Waals surface area contributed by atoms with Gasteiger partial charge in [-0.15, -0.1) is 0 Å². The molecule has 0 aromatic heterocycles. The number of benzene rings is 1. The first-order valence-electron chi connectivity index (χ1n) is 10.5. The molecule has 1 aromatic carbocycles. The first kappa shape index (κ1) is 28.8. The summed E-state index contributed by atoms with van der Waals surface area (Å²) < 4.78 is 11.0. The molecule has 0 bridgehead atoms. The second-order valence-corrected chi connectivity index (χ2v) is 12.9. The fourth-order valence-electron chi connectivity index (χ4n) is 3.44. The molecule has 194 valence electrons. The van der Waals surface area contributed by atoms with Crippen LogP contribution in [0.5, 0.6) is 0 Å². The highest BCUT2D eigenvalue weighted by Crippen LogP contribution is 2.39. The summed E-state index contributed by atoms with van der Waals surface area (Å²) in [5.41, 5.74) is 0.430. The number of ether oxygens (including phenoxy) is 2. The molecule has 10 nitrogen and oxygen atoms in total. The number of aliphatic hydroxyl groups excluding tert-OH is 8. The topological polar surface area (TPSA) is 180 Å². The van der Waals surface area contributed by atoms with Crippen LogP contribution in [-0.4, -0.2) is 114 Å². The average molecular weight is 559 g/mol. The SMILES string of the molecule is OC[C@H]1O[C@H](SSCc2cccc(CSS[C@H]3O[C@H](CO)[C@@H](O)[C@H](O)[C@@H]3O)c2)[C@@H](O)[C@@H](O)[C@@H]1O. The molecule has 2 saturated heterocycles. The Balaban J connectivity index is 1.45. The summed E-state index contributed by atoms with van der Waals surface area (Å²) in [6, 6.07) is 7.80. The molecule has 0 amide bonds. The van der Waals surface area contributed by atoms with Gasteiger partial charge < -0.3 is 50.3 Å². The zero-order valence-corrected chi connectivity index (χ0v) is 21.2. The predicted octanol–water partition coefficient (Wildman–Crippen LogP) is -0.951. The van der Waals surface area contributed by atoms with E-state index in [0.717, 1.165) is 11.1 Å². The Labute approximate surface area is 212 Å². The normalized spacial score (nSPS) is 38.7. The Bertz CT molecular complexity index is 703. The third-order valence-electron chi connectivity index (χ3n) is 5.47. The van der Waals surface area contributed by atoms with Crippen LogP contribution in [-0.2, 0) is 21.0 Å². The molecular weight excluding hydrogens is 528 g/mol. The minimum atomic E-state index is -1.40. The monoisotopic (exact) mass is 558 g/mol. The minimum absolute atomic E-state index is 0.465.